The predicted molar refractivity (Wildman–Crippen MR) is 280 cm³/mol. The molecule has 6 unspecified atom stereocenters. The van der Waals surface area contributed by atoms with Crippen molar-refractivity contribution < 1.29 is 57.4 Å². The fraction of sp³-hybridized carbons (Fsp3) is 0.449. The molecule has 10 amide bonds. The van der Waals surface area contributed by atoms with E-state index in [4.69, 9.17) is 32.4 Å². The summed E-state index contributed by atoms with van der Waals surface area (Å²) in [5.74, 6) is -7.13. The average molecular weight is 1100 g/mol. The SMILES string of the molecule is C/C(=C\N)CC(NC(=O)C(Cc1cnc[nH]1)NC(=O)C(C/C(C)=C/N)NC(=O)C(Cc1cnc[nH]1)NC(=O)C(C/C(C)=C/N)NC(=O)C(Cc1cnc[nH]1)NC(=O)COCCOCCNC(=O)CCN1C(=O)C=CC1=O)C(N)=O. The van der Waals surface area contributed by atoms with Crippen LogP contribution in [0, 0.1) is 0 Å². The Morgan fingerprint density at radius 1 is 0.544 bits per heavy atom. The Kier molecular flexibility index (Phi) is 25.6. The molecular weight excluding hydrogens is 1030 g/mol. The molecule has 1 aliphatic heterocycles. The van der Waals surface area contributed by atoms with Gasteiger partial charge in [0.1, 0.15) is 42.9 Å². The highest BCUT2D eigenvalue weighted by Gasteiger charge is 2.35. The molecule has 30 nitrogen and oxygen atoms in total. The number of hydrogen-bond donors (Lipinski definition) is 14. The number of aromatic amines is 3. The van der Waals surface area contributed by atoms with Gasteiger partial charge in [-0.15, -0.1) is 0 Å². The van der Waals surface area contributed by atoms with Crippen molar-refractivity contribution in [1.29, 1.82) is 0 Å². The molecule has 18 N–H and O–H groups in total. The molecule has 0 bridgehead atoms. The highest BCUT2D eigenvalue weighted by molar-refractivity contribution is 6.13. The Morgan fingerprint density at radius 3 is 1.33 bits per heavy atom. The van der Waals surface area contributed by atoms with E-state index >= 15 is 0 Å². The number of carbonyl (C=O) groups is 10. The second-order valence-corrected chi connectivity index (χ2v) is 18.2. The number of imidazole rings is 3. The summed E-state index contributed by atoms with van der Waals surface area (Å²) < 4.78 is 10.9. The van der Waals surface area contributed by atoms with Crippen LogP contribution in [0.15, 0.2) is 85.0 Å². The molecule has 79 heavy (non-hydrogen) atoms. The maximum absolute atomic E-state index is 14.4. The van der Waals surface area contributed by atoms with Gasteiger partial charge in [-0.25, -0.2) is 15.0 Å². The quantitative estimate of drug-likeness (QED) is 0.0195. The molecule has 6 atom stereocenters. The zero-order valence-electron chi connectivity index (χ0n) is 44.0. The number of hydrogen-bond acceptors (Lipinski definition) is 18. The van der Waals surface area contributed by atoms with E-state index in [-0.39, 0.29) is 77.9 Å². The van der Waals surface area contributed by atoms with Crippen LogP contribution in [0.2, 0.25) is 0 Å². The highest BCUT2D eigenvalue weighted by atomic mass is 16.5. The van der Waals surface area contributed by atoms with Crippen molar-refractivity contribution in [1.82, 2.24) is 72.0 Å². The molecule has 3 aromatic heterocycles. The number of H-pyrrole nitrogens is 3. The normalized spacial score (nSPS) is 15.0. The molecule has 0 radical (unpaired) electrons. The first kappa shape index (κ1) is 62.4. The third kappa shape index (κ3) is 21.8. The van der Waals surface area contributed by atoms with E-state index in [2.05, 4.69) is 67.1 Å². The number of ether oxygens (including phenoxy) is 2. The Labute approximate surface area is 453 Å². The first-order valence-corrected chi connectivity index (χ1v) is 24.9. The van der Waals surface area contributed by atoms with Gasteiger partial charge in [0.25, 0.3) is 11.8 Å². The number of carbonyl (C=O) groups excluding carboxylic acids is 10. The van der Waals surface area contributed by atoms with Crippen LogP contribution in [0.4, 0.5) is 0 Å². The number of amides is 10. The molecule has 0 saturated carbocycles. The summed E-state index contributed by atoms with van der Waals surface area (Å²) in [5.41, 5.74) is 25.5. The van der Waals surface area contributed by atoms with Crippen LogP contribution in [0.25, 0.3) is 0 Å². The Morgan fingerprint density at radius 2 is 0.924 bits per heavy atom. The fourth-order valence-corrected chi connectivity index (χ4v) is 7.49. The van der Waals surface area contributed by atoms with E-state index in [0.717, 1.165) is 17.1 Å². The Bertz CT molecular complexity index is 2650. The van der Waals surface area contributed by atoms with E-state index < -0.39 is 102 Å². The van der Waals surface area contributed by atoms with E-state index in [1.54, 1.807) is 20.8 Å². The highest BCUT2D eigenvalue weighted by Crippen LogP contribution is 2.12. The first-order valence-electron chi connectivity index (χ1n) is 24.9. The van der Waals surface area contributed by atoms with Gasteiger partial charge in [-0.2, -0.15) is 0 Å². The van der Waals surface area contributed by atoms with Crippen molar-refractivity contribution >= 4 is 59.1 Å². The number of nitrogens with zero attached hydrogens (tertiary/aromatic N) is 4. The van der Waals surface area contributed by atoms with Crippen molar-refractivity contribution in [3.8, 4) is 0 Å². The number of aromatic nitrogens is 6. The van der Waals surface area contributed by atoms with Gasteiger partial charge >= 0.3 is 0 Å². The van der Waals surface area contributed by atoms with Gasteiger partial charge < -0.3 is 84.6 Å². The van der Waals surface area contributed by atoms with Crippen molar-refractivity contribution in [2.24, 2.45) is 22.9 Å². The first-order chi connectivity index (χ1) is 37.8. The minimum absolute atomic E-state index is 0.0143. The molecule has 0 fully saturated rings. The lowest BCUT2D eigenvalue weighted by Gasteiger charge is -2.27. The van der Waals surface area contributed by atoms with Crippen LogP contribution in [-0.2, 0) is 76.7 Å². The minimum Gasteiger partial charge on any atom is -0.405 e. The van der Waals surface area contributed by atoms with Gasteiger partial charge in [0.15, 0.2) is 0 Å². The second kappa shape index (κ2) is 32.4. The Hall–Kier alpha value is -9.19. The summed E-state index contributed by atoms with van der Waals surface area (Å²) in [4.78, 5) is 154. The van der Waals surface area contributed by atoms with Gasteiger partial charge in [0, 0.05) is 86.6 Å². The number of imide groups is 1. The number of rotatable bonds is 35. The smallest absolute Gasteiger partial charge is 0.253 e. The van der Waals surface area contributed by atoms with Crippen LogP contribution in [0.3, 0.4) is 0 Å². The summed E-state index contributed by atoms with van der Waals surface area (Å²) in [6.45, 7) is 4.49. The van der Waals surface area contributed by atoms with Crippen LogP contribution >= 0.6 is 0 Å². The van der Waals surface area contributed by atoms with Crippen molar-refractivity contribution in [2.75, 3.05) is 39.5 Å². The topological polar surface area (TPSA) is 467 Å². The van der Waals surface area contributed by atoms with Crippen LogP contribution < -0.4 is 60.2 Å². The summed E-state index contributed by atoms with van der Waals surface area (Å²) in [5, 5.41) is 18.4. The molecule has 30 heteroatoms. The van der Waals surface area contributed by atoms with Crippen LogP contribution in [0.5, 0.6) is 0 Å². The standard InChI is InChI=1S/C49H70N18O12/c1-28(18-50)12-34(44(53)72)62-48(76)38(16-32-22-55-26-59-32)65-46(74)36(14-30(3)20-52)64-49(77)39(17-33-23-56-27-60-33)66-45(73)35(13-29(2)19-51)63-47(75)37(15-31-21-54-25-58-31)61-41(69)24-79-11-10-78-9-7-57-40(68)6-8-67-42(70)4-5-43(67)71/h4-5,18-23,25-27,34-39H,6-17,24,50-52H2,1-3H3,(H2,53,72)(H,54,58)(H,55,59)(H,56,60)(H,57,68)(H,61,69)(H,62,76)(H,63,75)(H,64,77)(H,65,74)(H,66,73)/b28-18+,29-19+,30-20+. The summed E-state index contributed by atoms with van der Waals surface area (Å²) in [7, 11) is 0. The number of primary amides is 1. The molecule has 3 aromatic rings. The second-order valence-electron chi connectivity index (χ2n) is 18.2. The molecule has 0 spiro atoms. The molecule has 4 rings (SSSR count). The third-order valence-electron chi connectivity index (χ3n) is 11.8. The number of nitrogens with one attached hydrogen (secondary N) is 10. The van der Waals surface area contributed by atoms with Gasteiger partial charge in [0.2, 0.25) is 47.3 Å². The number of nitrogens with two attached hydrogens (primary N) is 4. The van der Waals surface area contributed by atoms with Gasteiger partial charge in [-0.1, -0.05) is 16.7 Å². The molecule has 4 heterocycles. The Balaban J connectivity index is 1.44. The fourth-order valence-electron chi connectivity index (χ4n) is 7.49. The van der Waals surface area contributed by atoms with Crippen molar-refractivity contribution in [3.63, 3.8) is 0 Å². The zero-order valence-corrected chi connectivity index (χ0v) is 44.0. The maximum Gasteiger partial charge on any atom is 0.253 e. The molecule has 1 aliphatic rings. The average Bonchev–Trinajstić information content (AvgIpc) is 4.29. The lowest BCUT2D eigenvalue weighted by molar-refractivity contribution is -0.137. The summed E-state index contributed by atoms with van der Waals surface area (Å²) >= 11 is 0. The zero-order chi connectivity index (χ0) is 57.9. The largest absolute Gasteiger partial charge is 0.405 e. The van der Waals surface area contributed by atoms with Gasteiger partial charge in [-0.05, 0) is 58.6 Å². The van der Waals surface area contributed by atoms with E-state index in [0.29, 0.717) is 33.8 Å². The van der Waals surface area contributed by atoms with Crippen LogP contribution in [0.1, 0.15) is 63.5 Å². The van der Waals surface area contributed by atoms with E-state index in [1.807, 2.05) is 0 Å². The van der Waals surface area contributed by atoms with E-state index in [1.165, 1.54) is 56.2 Å². The van der Waals surface area contributed by atoms with Crippen LogP contribution in [-0.4, -0.2) is 170 Å². The maximum atomic E-state index is 14.4. The summed E-state index contributed by atoms with van der Waals surface area (Å²) in [6, 6.07) is -8.12. The minimum atomic E-state index is -1.45. The molecule has 0 aromatic carbocycles. The van der Waals surface area contributed by atoms with Gasteiger partial charge in [-0.3, -0.25) is 52.8 Å². The lowest BCUT2D eigenvalue weighted by atomic mass is 10.0. The predicted octanol–water partition coefficient (Wildman–Crippen LogP) is -4.50. The van der Waals surface area contributed by atoms with Crippen molar-refractivity contribution in [2.45, 2.75) is 102 Å². The lowest BCUT2D eigenvalue weighted by Crippen LogP contribution is -2.60. The van der Waals surface area contributed by atoms with Gasteiger partial charge in [0.05, 0.1) is 38.8 Å². The van der Waals surface area contributed by atoms with Crippen molar-refractivity contribution in [3.05, 3.63) is 102 Å². The molecular formula is C49H70N18O12. The molecule has 428 valence electrons. The molecule has 0 saturated heterocycles. The molecule has 0 aliphatic carbocycles. The third-order valence-corrected chi connectivity index (χ3v) is 11.8. The monoisotopic (exact) mass is 1100 g/mol. The van der Waals surface area contributed by atoms with E-state index in [9.17, 15) is 47.9 Å². The summed E-state index contributed by atoms with van der Waals surface area (Å²) in [6.07, 6.45) is 13.5.